The topological polar surface area (TPSA) is 272 Å². The summed E-state index contributed by atoms with van der Waals surface area (Å²) in [7, 11) is 0. The number of nitrogens with one attached hydrogen (secondary N) is 3. The number of para-hydroxylation sites is 2. The number of aromatic hydroxyl groups is 4. The van der Waals surface area contributed by atoms with Crippen molar-refractivity contribution in [2.24, 2.45) is 5.73 Å². The minimum Gasteiger partial charge on any atom is -0.504 e. The molecule has 0 aromatic heterocycles. The summed E-state index contributed by atoms with van der Waals surface area (Å²) in [6.45, 7) is 1.37. The Bertz CT molecular complexity index is 1520. The molecule has 0 spiro atoms. The lowest BCUT2D eigenvalue weighted by atomic mass is 10.1. The first kappa shape index (κ1) is 42.6. The summed E-state index contributed by atoms with van der Waals surface area (Å²) in [5, 5.41) is 57.6. The summed E-state index contributed by atoms with van der Waals surface area (Å²) in [5.74, 6) is -4.70. The van der Waals surface area contributed by atoms with Gasteiger partial charge in [-0.15, -0.1) is 0 Å². The highest BCUT2D eigenvalue weighted by Crippen LogP contribution is 2.28. The number of phenols is 4. The smallest absolute Gasteiger partial charge is 0.255 e. The Hall–Kier alpha value is -5.58. The molecule has 0 bridgehead atoms. The monoisotopic (exact) mass is 730 g/mol. The van der Waals surface area contributed by atoms with Crippen molar-refractivity contribution >= 4 is 35.4 Å². The van der Waals surface area contributed by atoms with Crippen molar-refractivity contribution in [3.8, 4) is 23.0 Å². The SMILES string of the molecule is NC(=O)CCCC(=O)N(O)CCCCCNC(=O)CCC(=O)N(CCCCNC(=O)c1cccc(O)c1O)CCCNC(=O)c1cccc(O)c1O. The molecule has 2 rings (SSSR count). The van der Waals surface area contributed by atoms with Crippen LogP contribution in [0.3, 0.4) is 0 Å². The number of hydroxylamine groups is 2. The van der Waals surface area contributed by atoms with Crippen LogP contribution in [0.5, 0.6) is 23.0 Å². The van der Waals surface area contributed by atoms with E-state index in [0.717, 1.165) is 0 Å². The quantitative estimate of drug-likeness (QED) is 0.0324. The summed E-state index contributed by atoms with van der Waals surface area (Å²) >= 11 is 0. The van der Waals surface area contributed by atoms with Gasteiger partial charge in [-0.2, -0.15) is 0 Å². The highest BCUT2D eigenvalue weighted by Gasteiger charge is 2.18. The first-order chi connectivity index (χ1) is 24.8. The Morgan fingerprint density at radius 2 is 1.08 bits per heavy atom. The number of carbonyl (C=O) groups excluding carboxylic acids is 6. The number of nitrogens with two attached hydrogens (primary N) is 1. The molecule has 0 aliphatic carbocycles. The van der Waals surface area contributed by atoms with Crippen LogP contribution in [0.25, 0.3) is 0 Å². The van der Waals surface area contributed by atoms with Gasteiger partial charge in [0.1, 0.15) is 0 Å². The van der Waals surface area contributed by atoms with Gasteiger partial charge in [-0.1, -0.05) is 12.1 Å². The van der Waals surface area contributed by atoms with E-state index in [1.165, 1.54) is 36.4 Å². The van der Waals surface area contributed by atoms with Crippen LogP contribution in [-0.4, -0.2) is 110 Å². The second-order valence-electron chi connectivity index (χ2n) is 12.0. The number of amides is 6. The number of unbranched alkanes of at least 4 members (excludes halogenated alkanes) is 3. The molecule has 0 aliphatic rings. The van der Waals surface area contributed by atoms with Crippen LogP contribution in [0.4, 0.5) is 0 Å². The molecule has 0 saturated carbocycles. The van der Waals surface area contributed by atoms with Gasteiger partial charge < -0.3 is 47.0 Å². The molecule has 52 heavy (non-hydrogen) atoms. The molecule has 0 saturated heterocycles. The van der Waals surface area contributed by atoms with E-state index in [2.05, 4.69) is 16.0 Å². The van der Waals surface area contributed by atoms with E-state index in [9.17, 15) is 54.4 Å². The normalized spacial score (nSPS) is 10.6. The molecule has 0 aliphatic heterocycles. The fourth-order valence-corrected chi connectivity index (χ4v) is 5.01. The molecule has 286 valence electrons. The Kier molecular flexibility index (Phi) is 18.8. The molecule has 0 unspecified atom stereocenters. The summed E-state index contributed by atoms with van der Waals surface area (Å²) in [6.07, 6.45) is 3.22. The van der Waals surface area contributed by atoms with Gasteiger partial charge in [0.2, 0.25) is 23.6 Å². The van der Waals surface area contributed by atoms with E-state index in [4.69, 9.17) is 5.73 Å². The minimum absolute atomic E-state index is 0.0137. The Balaban J connectivity index is 1.78. The largest absolute Gasteiger partial charge is 0.504 e. The Morgan fingerprint density at radius 3 is 1.67 bits per heavy atom. The molecule has 2 aromatic rings. The van der Waals surface area contributed by atoms with Crippen LogP contribution >= 0.6 is 0 Å². The first-order valence-corrected chi connectivity index (χ1v) is 17.2. The van der Waals surface area contributed by atoms with Crippen LogP contribution in [0.15, 0.2) is 36.4 Å². The zero-order chi connectivity index (χ0) is 38.5. The summed E-state index contributed by atoms with van der Waals surface area (Å²) < 4.78 is 0. The molecule has 0 heterocycles. The Labute approximate surface area is 301 Å². The molecule has 0 atom stereocenters. The molecule has 0 radical (unpaired) electrons. The fraction of sp³-hybridized carbons (Fsp3) is 0.486. The third-order valence-corrected chi connectivity index (χ3v) is 7.94. The van der Waals surface area contributed by atoms with Crippen molar-refractivity contribution in [1.29, 1.82) is 0 Å². The van der Waals surface area contributed by atoms with Crippen LogP contribution in [0.1, 0.15) is 91.3 Å². The molecule has 6 amide bonds. The number of hydrogen-bond acceptors (Lipinski definition) is 11. The molecule has 17 nitrogen and oxygen atoms in total. The standard InChI is InChI=1S/C35H50N6O11/c36-28(44)14-8-15-31(47)41(52)23-4-1-2-18-37-29(45)16-17-30(46)40(22-9-20-39-35(51)25-11-7-13-27(43)33(25)49)21-5-3-19-38-34(50)24-10-6-12-26(42)32(24)48/h6-7,10-13,42-43,48-49,52H,1-5,8-9,14-23H2,(H2,36,44)(H,37,45)(H,38,50)(H,39,51). The lowest BCUT2D eigenvalue weighted by molar-refractivity contribution is -0.165. The van der Waals surface area contributed by atoms with Gasteiger partial charge in [0.25, 0.3) is 11.8 Å². The molecule has 2 aromatic carbocycles. The van der Waals surface area contributed by atoms with Crippen LogP contribution < -0.4 is 21.7 Å². The average Bonchev–Trinajstić information content (AvgIpc) is 3.11. The van der Waals surface area contributed by atoms with Crippen molar-refractivity contribution in [3.63, 3.8) is 0 Å². The zero-order valence-electron chi connectivity index (χ0n) is 29.1. The first-order valence-electron chi connectivity index (χ1n) is 17.2. The van der Waals surface area contributed by atoms with Crippen molar-refractivity contribution in [1.82, 2.24) is 25.9 Å². The second-order valence-corrected chi connectivity index (χ2v) is 12.0. The third kappa shape index (κ3) is 15.5. The maximum Gasteiger partial charge on any atom is 0.255 e. The van der Waals surface area contributed by atoms with Crippen molar-refractivity contribution in [2.75, 3.05) is 39.3 Å². The summed E-state index contributed by atoms with van der Waals surface area (Å²) in [6, 6.07) is 8.07. The van der Waals surface area contributed by atoms with E-state index >= 15 is 0 Å². The maximum atomic E-state index is 13.1. The third-order valence-electron chi connectivity index (χ3n) is 7.94. The highest BCUT2D eigenvalue weighted by atomic mass is 16.5. The second kappa shape index (κ2) is 23.0. The number of hydrogen-bond donors (Lipinski definition) is 9. The van der Waals surface area contributed by atoms with E-state index < -0.39 is 46.6 Å². The van der Waals surface area contributed by atoms with E-state index in [0.29, 0.717) is 56.7 Å². The van der Waals surface area contributed by atoms with E-state index in [1.807, 2.05) is 0 Å². The van der Waals surface area contributed by atoms with E-state index in [1.54, 1.807) is 4.90 Å². The van der Waals surface area contributed by atoms with Gasteiger partial charge in [-0.05, 0) is 69.2 Å². The maximum absolute atomic E-state index is 13.1. The molecule has 17 heteroatoms. The Morgan fingerprint density at radius 1 is 0.558 bits per heavy atom. The fourth-order valence-electron chi connectivity index (χ4n) is 5.01. The lowest BCUT2D eigenvalue weighted by Gasteiger charge is -2.23. The molecule has 0 fully saturated rings. The number of rotatable bonds is 24. The van der Waals surface area contributed by atoms with Gasteiger partial charge in [0, 0.05) is 65.0 Å². The van der Waals surface area contributed by atoms with Crippen LogP contribution in [-0.2, 0) is 19.2 Å². The molecular formula is C35H50N6O11. The van der Waals surface area contributed by atoms with Crippen molar-refractivity contribution in [3.05, 3.63) is 47.5 Å². The van der Waals surface area contributed by atoms with Gasteiger partial charge in [0.15, 0.2) is 23.0 Å². The lowest BCUT2D eigenvalue weighted by Crippen LogP contribution is -2.36. The van der Waals surface area contributed by atoms with Gasteiger partial charge in [0.05, 0.1) is 11.1 Å². The van der Waals surface area contributed by atoms with Crippen molar-refractivity contribution < 1.29 is 54.4 Å². The highest BCUT2D eigenvalue weighted by molar-refractivity contribution is 5.98. The minimum atomic E-state index is -0.601. The predicted octanol–water partition coefficient (Wildman–Crippen LogP) is 1.61. The number of benzene rings is 2. The summed E-state index contributed by atoms with van der Waals surface area (Å²) in [4.78, 5) is 74.6. The van der Waals surface area contributed by atoms with Crippen molar-refractivity contribution in [2.45, 2.75) is 70.6 Å². The molecular weight excluding hydrogens is 680 g/mol. The van der Waals surface area contributed by atoms with Gasteiger partial charge in [-0.25, -0.2) is 5.06 Å². The van der Waals surface area contributed by atoms with Gasteiger partial charge >= 0.3 is 0 Å². The average molecular weight is 731 g/mol. The number of primary amides is 1. The predicted molar refractivity (Wildman–Crippen MR) is 187 cm³/mol. The zero-order valence-corrected chi connectivity index (χ0v) is 29.1. The number of carbonyl (C=O) groups is 6. The summed E-state index contributed by atoms with van der Waals surface area (Å²) in [5.41, 5.74) is 4.87. The van der Waals surface area contributed by atoms with Crippen LogP contribution in [0, 0.1) is 0 Å². The number of phenolic OH excluding ortho intramolecular Hbond substituents is 4. The molecule has 10 N–H and O–H groups in total. The number of nitrogens with zero attached hydrogens (tertiary/aromatic N) is 2. The van der Waals surface area contributed by atoms with Crippen LogP contribution in [0.2, 0.25) is 0 Å². The van der Waals surface area contributed by atoms with Gasteiger partial charge in [-0.3, -0.25) is 34.0 Å². The van der Waals surface area contributed by atoms with E-state index in [-0.39, 0.29) is 81.2 Å².